The van der Waals surface area contributed by atoms with Crippen LogP contribution in [0.5, 0.6) is 0 Å². The number of carboxylic acids is 1. The number of carbonyl (C=O) groups is 3. The maximum absolute atomic E-state index is 13.0. The molecule has 0 aromatic rings. The van der Waals surface area contributed by atoms with Crippen molar-refractivity contribution in [3.63, 3.8) is 0 Å². The lowest BCUT2D eigenvalue weighted by atomic mass is 10.0. The van der Waals surface area contributed by atoms with E-state index in [4.69, 9.17) is 18.9 Å². The number of ether oxygens (including phenoxy) is 4. The molecule has 0 radical (unpaired) electrons. The highest BCUT2D eigenvalue weighted by atomic mass is 16.7. The average Bonchev–Trinajstić information content (AvgIpc) is 3.75. The topological polar surface area (TPSA) is 111 Å². The van der Waals surface area contributed by atoms with Crippen molar-refractivity contribution in [3.05, 3.63) is 0 Å². The van der Waals surface area contributed by atoms with Crippen LogP contribution in [0.3, 0.4) is 0 Å². The summed E-state index contributed by atoms with van der Waals surface area (Å²) in [5.41, 5.74) is 0. The maximum Gasteiger partial charge on any atom is 0.306 e. The van der Waals surface area contributed by atoms with Gasteiger partial charge in [0.1, 0.15) is 13.2 Å². The van der Waals surface area contributed by atoms with Gasteiger partial charge in [-0.2, -0.15) is 0 Å². The molecule has 0 fully saturated rings. The van der Waals surface area contributed by atoms with Crippen molar-refractivity contribution in [1.82, 2.24) is 0 Å². The molecule has 9 nitrogen and oxygen atoms in total. The van der Waals surface area contributed by atoms with Gasteiger partial charge in [-0.1, -0.05) is 444 Å². The largest absolute Gasteiger partial charge is 0.545 e. The van der Waals surface area contributed by atoms with Gasteiger partial charge in [-0.15, -0.1) is 0 Å². The van der Waals surface area contributed by atoms with Crippen LogP contribution in [0.15, 0.2) is 0 Å². The number of esters is 2. The van der Waals surface area contributed by atoms with Crippen molar-refractivity contribution < 1.29 is 42.9 Å². The second-order valence-corrected chi connectivity index (χ2v) is 30.9. The number of hydrogen-bond donors (Lipinski definition) is 0. The van der Waals surface area contributed by atoms with Gasteiger partial charge >= 0.3 is 11.9 Å². The summed E-state index contributed by atoms with van der Waals surface area (Å²) in [7, 11) is 5.96. The number of nitrogens with zero attached hydrogens (tertiary/aromatic N) is 1. The van der Waals surface area contributed by atoms with Crippen LogP contribution in [0.25, 0.3) is 0 Å². The SMILES string of the molecule is CCCCCCCCCCCCCCCCCCCCCCCCCCCCCCCCCCCCCCCC(=O)OC(COC(=O)CCCCCCCCCCCCCCCCCCCCCCCCCCCCCCCCCC)COC(OCC[N+](C)(C)C)C(=O)[O-]. The summed E-state index contributed by atoms with van der Waals surface area (Å²) in [4.78, 5) is 37.6. The first-order valence-electron chi connectivity index (χ1n) is 42.7. The lowest BCUT2D eigenvalue weighted by Crippen LogP contribution is -2.44. The van der Waals surface area contributed by atoms with Crippen LogP contribution in [0, 0.1) is 0 Å². The minimum absolute atomic E-state index is 0.154. The van der Waals surface area contributed by atoms with E-state index in [1.807, 2.05) is 21.1 Å². The van der Waals surface area contributed by atoms with Crippen LogP contribution in [0.1, 0.15) is 470 Å². The Morgan fingerprint density at radius 3 is 0.681 bits per heavy atom. The Morgan fingerprint density at radius 1 is 0.277 bits per heavy atom. The summed E-state index contributed by atoms with van der Waals surface area (Å²) in [6.45, 7) is 4.86. The third-order valence-electron chi connectivity index (χ3n) is 20.1. The summed E-state index contributed by atoms with van der Waals surface area (Å²) in [5.74, 6) is -2.24. The highest BCUT2D eigenvalue weighted by Crippen LogP contribution is 2.21. The molecule has 0 aromatic carbocycles. The lowest BCUT2D eigenvalue weighted by molar-refractivity contribution is -0.870. The molecule has 0 rings (SSSR count). The number of hydrogen-bond acceptors (Lipinski definition) is 8. The molecule has 0 aromatic heterocycles. The molecule has 0 aliphatic carbocycles. The number of aliphatic carboxylic acids is 1. The monoisotopic (exact) mass is 1330 g/mol. The predicted molar refractivity (Wildman–Crippen MR) is 404 cm³/mol. The van der Waals surface area contributed by atoms with Crippen molar-refractivity contribution in [2.45, 2.75) is 482 Å². The molecule has 0 aliphatic heterocycles. The van der Waals surface area contributed by atoms with Crippen molar-refractivity contribution in [3.8, 4) is 0 Å². The van der Waals surface area contributed by atoms with Crippen LogP contribution < -0.4 is 5.11 Å². The Kier molecular flexibility index (Phi) is 75.6. The number of carboxylic acid groups (broad SMARTS) is 1. The summed E-state index contributed by atoms with van der Waals surface area (Å²) in [5, 5.41) is 11.9. The van der Waals surface area contributed by atoms with Crippen LogP contribution in [0.4, 0.5) is 0 Å². The fourth-order valence-electron chi connectivity index (χ4n) is 13.6. The molecule has 0 heterocycles. The van der Waals surface area contributed by atoms with Crippen LogP contribution >= 0.6 is 0 Å². The second-order valence-electron chi connectivity index (χ2n) is 30.9. The third-order valence-corrected chi connectivity index (χ3v) is 20.1. The first-order chi connectivity index (χ1) is 46.1. The van der Waals surface area contributed by atoms with Gasteiger partial charge in [0.05, 0.1) is 40.3 Å². The molecule has 0 spiro atoms. The summed E-state index contributed by atoms with van der Waals surface area (Å²) < 4.78 is 22.9. The fraction of sp³-hybridized carbons (Fsp3) is 0.965. The predicted octanol–water partition coefficient (Wildman–Crippen LogP) is 26.0. The smallest absolute Gasteiger partial charge is 0.306 e. The Morgan fingerprint density at radius 2 is 0.479 bits per heavy atom. The first kappa shape index (κ1) is 92.3. The number of carbonyl (C=O) groups excluding carboxylic acids is 3. The van der Waals surface area contributed by atoms with Crippen LogP contribution in [0.2, 0.25) is 0 Å². The van der Waals surface area contributed by atoms with Crippen LogP contribution in [-0.4, -0.2) is 82.3 Å². The first-order valence-corrected chi connectivity index (χ1v) is 42.7. The number of likely N-dealkylation sites (N-methyl/N-ethyl adjacent to an activating group) is 1. The standard InChI is InChI=1S/C85H167NO8/c1-6-8-10-12-14-16-18-20-22-24-26-28-30-32-34-36-38-40-41-42-43-44-46-48-50-52-54-56-58-60-62-64-66-68-70-72-74-76-83(88)94-81(80-93-85(84(89)90)91-78-77-86(3,4)5)79-92-82(87)75-73-71-69-67-65-63-61-59-57-55-53-51-49-47-45-39-37-35-33-31-29-27-25-23-21-19-17-15-13-11-9-7-2/h81,85H,6-80H2,1-5H3. The number of unbranched alkanes of at least 4 members (excludes halogenated alkanes) is 67. The van der Waals surface area contributed by atoms with E-state index in [2.05, 4.69) is 13.8 Å². The number of rotatable bonds is 82. The molecule has 0 saturated heterocycles. The summed E-state index contributed by atoms with van der Waals surface area (Å²) in [6.07, 6.45) is 92.7. The van der Waals surface area contributed by atoms with Crippen LogP contribution in [-0.2, 0) is 33.3 Å². The Balaban J connectivity index is 3.91. The molecule has 0 amide bonds. The zero-order chi connectivity index (χ0) is 68.2. The van der Waals surface area contributed by atoms with Gasteiger partial charge in [0, 0.05) is 12.8 Å². The minimum atomic E-state index is -1.62. The molecule has 0 aliphatic rings. The van der Waals surface area contributed by atoms with Gasteiger partial charge < -0.3 is 33.3 Å². The lowest BCUT2D eigenvalue weighted by Gasteiger charge is -2.26. The average molecular weight is 1330 g/mol. The molecule has 2 unspecified atom stereocenters. The van der Waals surface area contributed by atoms with E-state index in [1.165, 1.54) is 405 Å². The highest BCUT2D eigenvalue weighted by Gasteiger charge is 2.22. The summed E-state index contributed by atoms with van der Waals surface area (Å²) >= 11 is 0. The Labute approximate surface area is 587 Å². The van der Waals surface area contributed by atoms with E-state index in [0.29, 0.717) is 17.4 Å². The molecule has 0 saturated carbocycles. The zero-order valence-corrected chi connectivity index (χ0v) is 64.4. The molecule has 560 valence electrons. The van der Waals surface area contributed by atoms with E-state index in [1.54, 1.807) is 0 Å². The highest BCUT2D eigenvalue weighted by molar-refractivity contribution is 5.70. The molecular weight excluding hydrogens is 1160 g/mol. The van der Waals surface area contributed by atoms with Gasteiger partial charge in [-0.25, -0.2) is 0 Å². The van der Waals surface area contributed by atoms with E-state index in [-0.39, 0.29) is 32.2 Å². The van der Waals surface area contributed by atoms with Gasteiger partial charge in [0.15, 0.2) is 12.4 Å². The van der Waals surface area contributed by atoms with Crippen molar-refractivity contribution in [1.29, 1.82) is 0 Å². The van der Waals surface area contributed by atoms with E-state index in [0.717, 1.165) is 38.5 Å². The van der Waals surface area contributed by atoms with Crippen molar-refractivity contribution >= 4 is 17.9 Å². The normalized spacial score (nSPS) is 12.5. The van der Waals surface area contributed by atoms with Crippen molar-refractivity contribution in [2.75, 3.05) is 47.5 Å². The van der Waals surface area contributed by atoms with Crippen molar-refractivity contribution in [2.24, 2.45) is 0 Å². The molecular formula is C85H167NO8. The van der Waals surface area contributed by atoms with E-state index in [9.17, 15) is 19.5 Å². The summed E-state index contributed by atoms with van der Waals surface area (Å²) in [6, 6.07) is 0. The molecule has 2 atom stereocenters. The molecule has 94 heavy (non-hydrogen) atoms. The van der Waals surface area contributed by atoms with Gasteiger partial charge in [0.25, 0.3) is 0 Å². The molecule has 9 heteroatoms. The quantitative estimate of drug-likeness (QED) is 0.0256. The third kappa shape index (κ3) is 77.6. The molecule has 0 bridgehead atoms. The maximum atomic E-state index is 13.0. The Bertz CT molecular complexity index is 1500. The van der Waals surface area contributed by atoms with Gasteiger partial charge in [-0.05, 0) is 12.8 Å². The minimum Gasteiger partial charge on any atom is -0.545 e. The van der Waals surface area contributed by atoms with E-state index >= 15 is 0 Å². The van der Waals surface area contributed by atoms with Gasteiger partial charge in [-0.3, -0.25) is 9.59 Å². The molecule has 0 N–H and O–H groups in total. The fourth-order valence-corrected chi connectivity index (χ4v) is 13.6. The number of quaternary nitrogens is 1. The van der Waals surface area contributed by atoms with E-state index < -0.39 is 24.3 Å². The van der Waals surface area contributed by atoms with Gasteiger partial charge in [0.2, 0.25) is 0 Å². The second kappa shape index (κ2) is 77.0. The Hall–Kier alpha value is -1.71. The zero-order valence-electron chi connectivity index (χ0n) is 64.4.